The Bertz CT molecular complexity index is 440. The quantitative estimate of drug-likeness (QED) is 0.232. The first kappa shape index (κ1) is 16.2. The van der Waals surface area contributed by atoms with Gasteiger partial charge in [0.15, 0.2) is 0 Å². The van der Waals surface area contributed by atoms with Crippen molar-refractivity contribution < 1.29 is 13.9 Å². The molecule has 20 heavy (non-hydrogen) atoms. The van der Waals surface area contributed by atoms with E-state index in [1.54, 1.807) is 0 Å². The van der Waals surface area contributed by atoms with Crippen LogP contribution in [-0.2, 0) is 4.74 Å². The lowest BCUT2D eigenvalue weighted by molar-refractivity contribution is 0.146. The number of halogens is 1. The van der Waals surface area contributed by atoms with E-state index in [0.717, 1.165) is 6.42 Å². The highest BCUT2D eigenvalue weighted by atomic mass is 19.1. The molecule has 4 N–H and O–H groups in total. The molecular formula is C13H21FN4O2. The van der Waals surface area contributed by atoms with Gasteiger partial charge >= 0.3 is 0 Å². The SMILES string of the molecule is CCOCCCN=C(NN)Nc1cc(OC)ccc1F. The fraction of sp³-hybridized carbons (Fsp3) is 0.462. The van der Waals surface area contributed by atoms with Crippen LogP contribution in [-0.4, -0.2) is 32.8 Å². The number of rotatable bonds is 7. The van der Waals surface area contributed by atoms with Crippen LogP contribution in [0, 0.1) is 5.82 Å². The van der Waals surface area contributed by atoms with Gasteiger partial charge in [0.1, 0.15) is 11.6 Å². The topological polar surface area (TPSA) is 80.9 Å². The van der Waals surface area contributed by atoms with Crippen molar-refractivity contribution >= 4 is 11.6 Å². The van der Waals surface area contributed by atoms with Crippen molar-refractivity contribution in [3.8, 4) is 5.75 Å². The minimum absolute atomic E-state index is 0.242. The first-order valence-corrected chi connectivity index (χ1v) is 6.40. The predicted octanol–water partition coefficient (Wildman–Crippen LogP) is 1.49. The molecule has 0 aromatic heterocycles. The molecular weight excluding hydrogens is 263 g/mol. The van der Waals surface area contributed by atoms with E-state index < -0.39 is 5.82 Å². The van der Waals surface area contributed by atoms with Gasteiger partial charge in [-0.05, 0) is 25.5 Å². The maximum absolute atomic E-state index is 13.6. The van der Waals surface area contributed by atoms with Gasteiger partial charge in [-0.15, -0.1) is 0 Å². The standard InChI is InChI=1S/C13H21FN4O2/c1-3-20-8-4-7-16-13(18-15)17-12-9-10(19-2)5-6-11(12)14/h5-6,9H,3-4,7-8,15H2,1-2H3,(H2,16,17,18). The van der Waals surface area contributed by atoms with Gasteiger partial charge in [0.05, 0.1) is 12.8 Å². The third-order valence-corrected chi connectivity index (χ3v) is 2.48. The van der Waals surface area contributed by atoms with Crippen molar-refractivity contribution in [3.05, 3.63) is 24.0 Å². The van der Waals surface area contributed by atoms with Crippen LogP contribution in [0.2, 0.25) is 0 Å². The van der Waals surface area contributed by atoms with Gasteiger partial charge in [-0.25, -0.2) is 10.2 Å². The van der Waals surface area contributed by atoms with Gasteiger partial charge < -0.3 is 14.8 Å². The first-order chi connectivity index (χ1) is 9.71. The van der Waals surface area contributed by atoms with Crippen LogP contribution in [0.25, 0.3) is 0 Å². The van der Waals surface area contributed by atoms with Crippen LogP contribution in [0.15, 0.2) is 23.2 Å². The Balaban J connectivity index is 2.61. The van der Waals surface area contributed by atoms with E-state index in [1.807, 2.05) is 6.92 Å². The lowest BCUT2D eigenvalue weighted by Crippen LogP contribution is -2.36. The van der Waals surface area contributed by atoms with E-state index >= 15 is 0 Å². The second-order valence-corrected chi connectivity index (χ2v) is 3.90. The molecule has 0 radical (unpaired) electrons. The second-order valence-electron chi connectivity index (χ2n) is 3.90. The number of hydrogen-bond donors (Lipinski definition) is 3. The Hall–Kier alpha value is -1.86. The monoisotopic (exact) mass is 284 g/mol. The van der Waals surface area contributed by atoms with Crippen molar-refractivity contribution in [2.45, 2.75) is 13.3 Å². The number of benzene rings is 1. The molecule has 1 aromatic carbocycles. The number of hydrazine groups is 1. The molecule has 0 heterocycles. The minimum Gasteiger partial charge on any atom is -0.497 e. The Kier molecular flexibility index (Phi) is 7.38. The number of nitrogens with zero attached hydrogens (tertiary/aromatic N) is 1. The molecule has 0 fully saturated rings. The van der Waals surface area contributed by atoms with E-state index in [-0.39, 0.29) is 11.6 Å². The summed E-state index contributed by atoms with van der Waals surface area (Å²) in [5, 5.41) is 2.78. The second kappa shape index (κ2) is 9.11. The van der Waals surface area contributed by atoms with Crippen LogP contribution in [0.3, 0.4) is 0 Å². The van der Waals surface area contributed by atoms with Gasteiger partial charge in [-0.2, -0.15) is 0 Å². The van der Waals surface area contributed by atoms with Crippen LogP contribution < -0.4 is 21.3 Å². The zero-order valence-electron chi connectivity index (χ0n) is 11.8. The van der Waals surface area contributed by atoms with Crippen molar-refractivity contribution in [1.82, 2.24) is 5.43 Å². The molecule has 0 saturated carbocycles. The van der Waals surface area contributed by atoms with Crippen LogP contribution >= 0.6 is 0 Å². The summed E-state index contributed by atoms with van der Waals surface area (Å²) in [6.45, 7) is 3.77. The maximum Gasteiger partial charge on any atom is 0.210 e. The third kappa shape index (κ3) is 5.41. The van der Waals surface area contributed by atoms with Crippen LogP contribution in [0.4, 0.5) is 10.1 Å². The number of methoxy groups -OCH3 is 1. The number of guanidine groups is 1. The molecule has 0 unspecified atom stereocenters. The number of ether oxygens (including phenoxy) is 2. The normalized spacial score (nSPS) is 11.3. The molecule has 1 rings (SSSR count). The molecule has 6 nitrogen and oxygen atoms in total. The Morgan fingerprint density at radius 2 is 2.25 bits per heavy atom. The summed E-state index contributed by atoms with van der Waals surface area (Å²) in [6, 6.07) is 4.38. The molecule has 0 aliphatic carbocycles. The summed E-state index contributed by atoms with van der Waals surface area (Å²) in [5.74, 6) is 5.77. The van der Waals surface area contributed by atoms with E-state index in [1.165, 1.54) is 25.3 Å². The largest absolute Gasteiger partial charge is 0.497 e. The molecule has 0 amide bonds. The van der Waals surface area contributed by atoms with Gasteiger partial charge in [-0.3, -0.25) is 10.4 Å². The zero-order valence-corrected chi connectivity index (χ0v) is 11.8. The maximum atomic E-state index is 13.6. The summed E-state index contributed by atoms with van der Waals surface area (Å²) in [6.07, 6.45) is 0.765. The van der Waals surface area contributed by atoms with E-state index in [0.29, 0.717) is 25.5 Å². The lowest BCUT2D eigenvalue weighted by Gasteiger charge is -2.11. The molecule has 0 aliphatic heterocycles. The average Bonchev–Trinajstić information content (AvgIpc) is 2.47. The summed E-state index contributed by atoms with van der Waals surface area (Å²) < 4.78 is 23.9. The molecule has 0 spiro atoms. The highest BCUT2D eigenvalue weighted by molar-refractivity contribution is 5.93. The Labute approximate surface area is 118 Å². The molecule has 0 bridgehead atoms. The van der Waals surface area contributed by atoms with E-state index in [2.05, 4.69) is 15.7 Å². The average molecular weight is 284 g/mol. The summed E-state index contributed by atoms with van der Waals surface area (Å²) in [5.41, 5.74) is 2.64. The number of nitrogens with two attached hydrogens (primary N) is 1. The first-order valence-electron chi connectivity index (χ1n) is 6.40. The number of nitrogens with one attached hydrogen (secondary N) is 2. The molecule has 1 aromatic rings. The summed E-state index contributed by atoms with van der Waals surface area (Å²) in [4.78, 5) is 4.19. The molecule has 0 saturated heterocycles. The molecule has 0 atom stereocenters. The highest BCUT2D eigenvalue weighted by Gasteiger charge is 2.06. The minimum atomic E-state index is -0.414. The molecule has 0 aliphatic rings. The van der Waals surface area contributed by atoms with Gasteiger partial charge in [-0.1, -0.05) is 0 Å². The van der Waals surface area contributed by atoms with E-state index in [4.69, 9.17) is 15.3 Å². The smallest absolute Gasteiger partial charge is 0.210 e. The number of hydrogen-bond acceptors (Lipinski definition) is 4. The summed E-state index contributed by atoms with van der Waals surface area (Å²) >= 11 is 0. The van der Waals surface area contributed by atoms with Crippen LogP contribution in [0.1, 0.15) is 13.3 Å². The molecule has 7 heteroatoms. The highest BCUT2D eigenvalue weighted by Crippen LogP contribution is 2.20. The number of aliphatic imine (C=N–C) groups is 1. The van der Waals surface area contributed by atoms with Crippen molar-refractivity contribution in [2.24, 2.45) is 10.8 Å². The van der Waals surface area contributed by atoms with Gasteiger partial charge in [0, 0.05) is 25.8 Å². The van der Waals surface area contributed by atoms with Crippen molar-refractivity contribution in [2.75, 3.05) is 32.2 Å². The third-order valence-electron chi connectivity index (χ3n) is 2.48. The Morgan fingerprint density at radius 3 is 2.90 bits per heavy atom. The van der Waals surface area contributed by atoms with Crippen molar-refractivity contribution in [1.29, 1.82) is 0 Å². The lowest BCUT2D eigenvalue weighted by atomic mass is 10.3. The summed E-state index contributed by atoms with van der Waals surface area (Å²) in [7, 11) is 1.51. The fourth-order valence-corrected chi connectivity index (χ4v) is 1.48. The van der Waals surface area contributed by atoms with E-state index in [9.17, 15) is 4.39 Å². The Morgan fingerprint density at radius 1 is 1.45 bits per heavy atom. The number of anilines is 1. The molecule has 112 valence electrons. The van der Waals surface area contributed by atoms with Crippen LogP contribution in [0.5, 0.6) is 5.75 Å². The van der Waals surface area contributed by atoms with Gasteiger partial charge in [0.2, 0.25) is 5.96 Å². The fourth-order valence-electron chi connectivity index (χ4n) is 1.48. The van der Waals surface area contributed by atoms with Gasteiger partial charge in [0.25, 0.3) is 0 Å². The van der Waals surface area contributed by atoms with Crippen molar-refractivity contribution in [3.63, 3.8) is 0 Å². The predicted molar refractivity (Wildman–Crippen MR) is 77.3 cm³/mol. The zero-order chi connectivity index (χ0) is 14.8.